The Kier molecular flexibility index (Phi) is 5.40. The second-order valence-corrected chi connectivity index (χ2v) is 8.03. The van der Waals surface area contributed by atoms with Crippen LogP contribution in [0.5, 0.6) is 0 Å². The van der Waals surface area contributed by atoms with Gasteiger partial charge in [-0.1, -0.05) is 74.5 Å². The molecule has 4 nitrogen and oxygen atoms in total. The molecule has 1 aliphatic heterocycles. The Hall–Kier alpha value is -3.40. The number of para-hydroxylation sites is 2. The topological polar surface area (TPSA) is 40.6 Å². The third kappa shape index (κ3) is 3.61. The van der Waals surface area contributed by atoms with Gasteiger partial charge in [-0.3, -0.25) is 14.5 Å². The summed E-state index contributed by atoms with van der Waals surface area (Å²) in [7, 11) is 0. The summed E-state index contributed by atoms with van der Waals surface area (Å²) in [5.74, 6) is 0.212. The van der Waals surface area contributed by atoms with Crippen molar-refractivity contribution in [2.45, 2.75) is 32.7 Å². The van der Waals surface area contributed by atoms with E-state index in [9.17, 15) is 9.59 Å². The normalized spacial score (nSPS) is 17.0. The lowest BCUT2D eigenvalue weighted by Crippen LogP contribution is -2.56. The number of anilines is 2. The lowest BCUT2D eigenvalue weighted by molar-refractivity contribution is -0.128. The molecule has 0 spiro atoms. The van der Waals surface area contributed by atoms with Crippen LogP contribution >= 0.6 is 0 Å². The Morgan fingerprint density at radius 1 is 0.833 bits per heavy atom. The van der Waals surface area contributed by atoms with Gasteiger partial charge in [-0.2, -0.15) is 0 Å². The maximum atomic E-state index is 13.8. The zero-order chi connectivity index (χ0) is 21.3. The molecule has 1 aliphatic rings. The molecule has 0 N–H and O–H groups in total. The van der Waals surface area contributed by atoms with Crippen LogP contribution in [0.4, 0.5) is 11.4 Å². The number of aryl methyl sites for hydroxylation is 1. The van der Waals surface area contributed by atoms with Gasteiger partial charge in [0, 0.05) is 11.4 Å². The molecule has 3 aromatic rings. The van der Waals surface area contributed by atoms with Crippen LogP contribution in [-0.4, -0.2) is 18.4 Å². The average molecular weight is 399 g/mol. The molecule has 0 aromatic heterocycles. The molecular weight excluding hydrogens is 372 g/mol. The summed E-state index contributed by atoms with van der Waals surface area (Å²) in [6.45, 7) is 6.27. The molecule has 4 rings (SSSR count). The van der Waals surface area contributed by atoms with E-state index in [1.54, 1.807) is 9.80 Å². The highest BCUT2D eigenvalue weighted by atomic mass is 16.2. The Balaban J connectivity index is 1.81. The molecule has 0 bridgehead atoms. The van der Waals surface area contributed by atoms with Crippen molar-refractivity contribution in [3.63, 3.8) is 0 Å². The molecular formula is C26H26N2O2. The first-order chi connectivity index (χ1) is 14.5. The first-order valence-corrected chi connectivity index (χ1v) is 10.3. The molecule has 0 aliphatic carbocycles. The Morgan fingerprint density at radius 3 is 2.10 bits per heavy atom. The van der Waals surface area contributed by atoms with E-state index < -0.39 is 6.04 Å². The SMILES string of the molecule is Cc1ccccc1N1CC(=O)N(c2ccccc2)C(c2ccc(C(C)C)cc2)C1=O. The van der Waals surface area contributed by atoms with Crippen LogP contribution in [0.2, 0.25) is 0 Å². The van der Waals surface area contributed by atoms with E-state index in [0.29, 0.717) is 5.92 Å². The van der Waals surface area contributed by atoms with E-state index in [4.69, 9.17) is 0 Å². The summed E-state index contributed by atoms with van der Waals surface area (Å²) in [6.07, 6.45) is 0. The lowest BCUT2D eigenvalue weighted by Gasteiger charge is -2.41. The van der Waals surface area contributed by atoms with Crippen molar-refractivity contribution in [1.29, 1.82) is 0 Å². The molecule has 1 unspecified atom stereocenters. The lowest BCUT2D eigenvalue weighted by atomic mass is 9.95. The highest BCUT2D eigenvalue weighted by Gasteiger charge is 2.42. The second kappa shape index (κ2) is 8.15. The largest absolute Gasteiger partial charge is 0.301 e. The number of carbonyl (C=O) groups is 2. The monoisotopic (exact) mass is 398 g/mol. The van der Waals surface area contributed by atoms with E-state index in [2.05, 4.69) is 13.8 Å². The Labute approximate surface area is 177 Å². The van der Waals surface area contributed by atoms with Crippen LogP contribution in [0, 0.1) is 6.92 Å². The summed E-state index contributed by atoms with van der Waals surface area (Å²) in [4.78, 5) is 30.3. The number of piperazine rings is 1. The van der Waals surface area contributed by atoms with E-state index in [0.717, 1.165) is 22.5 Å². The molecule has 4 heteroatoms. The minimum atomic E-state index is -0.700. The fourth-order valence-corrected chi connectivity index (χ4v) is 4.00. The third-order valence-electron chi connectivity index (χ3n) is 5.68. The van der Waals surface area contributed by atoms with Gasteiger partial charge in [-0.05, 0) is 47.7 Å². The van der Waals surface area contributed by atoms with E-state index in [1.165, 1.54) is 5.56 Å². The molecule has 1 heterocycles. The van der Waals surface area contributed by atoms with E-state index in [-0.39, 0.29) is 18.4 Å². The summed E-state index contributed by atoms with van der Waals surface area (Å²) in [5.41, 5.74) is 4.52. The van der Waals surface area contributed by atoms with Gasteiger partial charge in [0.1, 0.15) is 12.6 Å². The zero-order valence-electron chi connectivity index (χ0n) is 17.6. The maximum Gasteiger partial charge on any atom is 0.255 e. The highest BCUT2D eigenvalue weighted by Crippen LogP contribution is 2.35. The Morgan fingerprint density at radius 2 is 1.47 bits per heavy atom. The average Bonchev–Trinajstić information content (AvgIpc) is 2.76. The van der Waals surface area contributed by atoms with Crippen molar-refractivity contribution in [3.05, 3.63) is 95.6 Å². The van der Waals surface area contributed by atoms with E-state index in [1.807, 2.05) is 85.8 Å². The minimum Gasteiger partial charge on any atom is -0.301 e. The molecule has 1 fully saturated rings. The molecule has 0 saturated carbocycles. The standard InChI is InChI=1S/C26H26N2O2/c1-18(2)20-13-15-21(16-14-20)25-26(30)27(23-12-8-7-9-19(23)3)17-24(29)28(25)22-10-5-4-6-11-22/h4-16,18,25H,17H2,1-3H3. The first-order valence-electron chi connectivity index (χ1n) is 10.3. The molecule has 30 heavy (non-hydrogen) atoms. The number of hydrogen-bond acceptors (Lipinski definition) is 2. The van der Waals surface area contributed by atoms with Gasteiger partial charge in [0.15, 0.2) is 0 Å². The van der Waals surface area contributed by atoms with Gasteiger partial charge in [0.25, 0.3) is 5.91 Å². The van der Waals surface area contributed by atoms with Crippen LogP contribution in [0.1, 0.15) is 42.5 Å². The molecule has 1 saturated heterocycles. The van der Waals surface area contributed by atoms with Crippen LogP contribution < -0.4 is 9.80 Å². The molecule has 3 aromatic carbocycles. The minimum absolute atomic E-state index is 0.0269. The zero-order valence-corrected chi connectivity index (χ0v) is 17.6. The predicted octanol–water partition coefficient (Wildman–Crippen LogP) is 5.24. The van der Waals surface area contributed by atoms with Crippen molar-refractivity contribution >= 4 is 23.2 Å². The quantitative estimate of drug-likeness (QED) is 0.603. The number of carbonyl (C=O) groups excluding carboxylic acids is 2. The van der Waals surface area contributed by atoms with Gasteiger partial charge in [-0.15, -0.1) is 0 Å². The fourth-order valence-electron chi connectivity index (χ4n) is 4.00. The van der Waals surface area contributed by atoms with Crippen LogP contribution in [0.15, 0.2) is 78.9 Å². The molecule has 0 radical (unpaired) electrons. The van der Waals surface area contributed by atoms with Crippen LogP contribution in [0.3, 0.4) is 0 Å². The van der Waals surface area contributed by atoms with Gasteiger partial charge in [0.05, 0.1) is 0 Å². The van der Waals surface area contributed by atoms with Crippen LogP contribution in [0.25, 0.3) is 0 Å². The molecule has 1 atom stereocenters. The summed E-state index contributed by atoms with van der Waals surface area (Å²) >= 11 is 0. The number of rotatable bonds is 4. The highest BCUT2D eigenvalue weighted by molar-refractivity contribution is 6.14. The summed E-state index contributed by atoms with van der Waals surface area (Å²) in [6, 6.07) is 24.5. The third-order valence-corrected chi connectivity index (χ3v) is 5.68. The predicted molar refractivity (Wildman–Crippen MR) is 121 cm³/mol. The van der Waals surface area contributed by atoms with Crippen LogP contribution in [-0.2, 0) is 9.59 Å². The summed E-state index contributed by atoms with van der Waals surface area (Å²) in [5, 5.41) is 0. The Bertz CT molecular complexity index is 1060. The van der Waals surface area contributed by atoms with Gasteiger partial charge >= 0.3 is 0 Å². The maximum absolute atomic E-state index is 13.8. The van der Waals surface area contributed by atoms with Gasteiger partial charge in [-0.25, -0.2) is 0 Å². The van der Waals surface area contributed by atoms with Crippen molar-refractivity contribution in [1.82, 2.24) is 0 Å². The molecule has 152 valence electrons. The number of nitrogens with zero attached hydrogens (tertiary/aromatic N) is 2. The van der Waals surface area contributed by atoms with Gasteiger partial charge < -0.3 is 4.90 Å². The smallest absolute Gasteiger partial charge is 0.255 e. The molecule has 2 amide bonds. The number of hydrogen-bond donors (Lipinski definition) is 0. The van der Waals surface area contributed by atoms with Gasteiger partial charge in [0.2, 0.25) is 5.91 Å². The van der Waals surface area contributed by atoms with Crippen molar-refractivity contribution in [3.8, 4) is 0 Å². The first kappa shape index (κ1) is 19.9. The van der Waals surface area contributed by atoms with Crippen molar-refractivity contribution in [2.24, 2.45) is 0 Å². The van der Waals surface area contributed by atoms with Crippen molar-refractivity contribution in [2.75, 3.05) is 16.3 Å². The number of benzene rings is 3. The second-order valence-electron chi connectivity index (χ2n) is 8.03. The summed E-state index contributed by atoms with van der Waals surface area (Å²) < 4.78 is 0. The van der Waals surface area contributed by atoms with E-state index >= 15 is 0 Å². The number of amides is 2. The van der Waals surface area contributed by atoms with Crippen molar-refractivity contribution < 1.29 is 9.59 Å². The fraction of sp³-hybridized carbons (Fsp3) is 0.231.